The lowest BCUT2D eigenvalue weighted by molar-refractivity contribution is -0.136. The molecule has 41 heavy (non-hydrogen) atoms. The summed E-state index contributed by atoms with van der Waals surface area (Å²) >= 11 is 6.16. The van der Waals surface area contributed by atoms with Crippen molar-refractivity contribution in [1.29, 1.82) is 0 Å². The quantitative estimate of drug-likeness (QED) is 0.408. The van der Waals surface area contributed by atoms with Crippen LogP contribution < -0.4 is 4.74 Å². The molecule has 2 atom stereocenters. The first-order chi connectivity index (χ1) is 19.3. The van der Waals surface area contributed by atoms with Gasteiger partial charge in [-0.3, -0.25) is 9.69 Å². The molecule has 0 saturated carbocycles. The number of amides is 3. The SMILES string of the molecule is CC(C)N(C(=O)Oc1ccc(F)cc1)C1CN(C(=O)C2CCN(C(=O)OC(C)(C)C)CC2)CC1c1ccc(Cl)cc1. The number of benzene rings is 2. The molecule has 4 rings (SSSR count). The van der Waals surface area contributed by atoms with Crippen molar-refractivity contribution in [3.8, 4) is 5.75 Å². The second-order valence-corrected chi connectivity index (χ2v) is 12.5. The van der Waals surface area contributed by atoms with Gasteiger partial charge in [-0.25, -0.2) is 14.0 Å². The zero-order chi connectivity index (χ0) is 29.9. The average Bonchev–Trinajstić information content (AvgIpc) is 3.33. The minimum atomic E-state index is -0.578. The molecule has 2 saturated heterocycles. The molecule has 2 aliphatic heterocycles. The number of carbonyl (C=O) groups is 3. The second kappa shape index (κ2) is 12.7. The molecule has 2 aromatic carbocycles. The van der Waals surface area contributed by atoms with Gasteiger partial charge in [0, 0.05) is 49.1 Å². The molecule has 2 heterocycles. The first-order valence-corrected chi connectivity index (χ1v) is 14.5. The van der Waals surface area contributed by atoms with Gasteiger partial charge >= 0.3 is 12.2 Å². The molecule has 0 aromatic heterocycles. The summed E-state index contributed by atoms with van der Waals surface area (Å²) in [5.74, 6) is -0.549. The number of rotatable bonds is 5. The molecule has 0 N–H and O–H groups in total. The first kappa shape index (κ1) is 30.6. The van der Waals surface area contributed by atoms with Crippen molar-refractivity contribution >= 4 is 29.7 Å². The van der Waals surface area contributed by atoms with Gasteiger partial charge in [0.15, 0.2) is 0 Å². The van der Waals surface area contributed by atoms with Gasteiger partial charge in [-0.05, 0) is 89.4 Å². The monoisotopic (exact) mass is 587 g/mol. The number of ether oxygens (including phenoxy) is 2. The van der Waals surface area contributed by atoms with E-state index < -0.39 is 17.5 Å². The molecular weight excluding hydrogens is 549 g/mol. The van der Waals surface area contributed by atoms with Gasteiger partial charge in [0.25, 0.3) is 0 Å². The lowest BCUT2D eigenvalue weighted by Gasteiger charge is -2.35. The van der Waals surface area contributed by atoms with Gasteiger partial charge < -0.3 is 19.3 Å². The molecule has 3 amide bonds. The standard InChI is InChI=1S/C31H39ClFN3O5/c1-20(2)36(30(39)40-25-12-10-24(33)11-13-25)27-19-35(18-26(27)21-6-8-23(32)9-7-21)28(37)22-14-16-34(17-15-22)29(38)41-31(3,4)5/h6-13,20,22,26-27H,14-19H2,1-5H3. The topological polar surface area (TPSA) is 79.4 Å². The molecular formula is C31H39ClFN3O5. The van der Waals surface area contributed by atoms with Crippen LogP contribution in [0.1, 0.15) is 58.9 Å². The largest absolute Gasteiger partial charge is 0.444 e. The van der Waals surface area contributed by atoms with Crippen LogP contribution in [-0.4, -0.2) is 76.7 Å². The van der Waals surface area contributed by atoms with Gasteiger partial charge in [-0.1, -0.05) is 23.7 Å². The van der Waals surface area contributed by atoms with E-state index in [2.05, 4.69) is 0 Å². The van der Waals surface area contributed by atoms with Crippen molar-refractivity contribution in [2.75, 3.05) is 26.2 Å². The Labute approximate surface area is 246 Å². The number of piperidine rings is 1. The predicted molar refractivity (Wildman–Crippen MR) is 154 cm³/mol. The van der Waals surface area contributed by atoms with Crippen LogP contribution in [0.3, 0.4) is 0 Å². The Morgan fingerprint density at radius 1 is 0.951 bits per heavy atom. The molecule has 2 fully saturated rings. The van der Waals surface area contributed by atoms with Crippen LogP contribution >= 0.6 is 11.6 Å². The van der Waals surface area contributed by atoms with Crippen LogP contribution in [0.4, 0.5) is 14.0 Å². The molecule has 10 heteroatoms. The summed E-state index contributed by atoms with van der Waals surface area (Å²) < 4.78 is 24.5. The van der Waals surface area contributed by atoms with Crippen LogP contribution in [-0.2, 0) is 9.53 Å². The number of likely N-dealkylation sites (tertiary alicyclic amines) is 2. The molecule has 0 radical (unpaired) electrons. The van der Waals surface area contributed by atoms with E-state index in [1.165, 1.54) is 24.3 Å². The van der Waals surface area contributed by atoms with Crippen molar-refractivity contribution in [2.24, 2.45) is 5.92 Å². The van der Waals surface area contributed by atoms with Gasteiger partial charge in [0.1, 0.15) is 17.2 Å². The fourth-order valence-corrected chi connectivity index (χ4v) is 5.69. The lowest BCUT2D eigenvalue weighted by Crippen LogP contribution is -2.50. The van der Waals surface area contributed by atoms with Crippen LogP contribution in [0.15, 0.2) is 48.5 Å². The maximum Gasteiger partial charge on any atom is 0.415 e. The van der Waals surface area contributed by atoms with Crippen LogP contribution in [0, 0.1) is 11.7 Å². The molecule has 222 valence electrons. The van der Waals surface area contributed by atoms with E-state index in [4.69, 9.17) is 21.1 Å². The molecule has 8 nitrogen and oxygen atoms in total. The van der Waals surface area contributed by atoms with Crippen LogP contribution in [0.25, 0.3) is 0 Å². The normalized spacial score (nSPS) is 19.8. The van der Waals surface area contributed by atoms with E-state index in [9.17, 15) is 18.8 Å². The van der Waals surface area contributed by atoms with Gasteiger partial charge in [0.05, 0.1) is 6.04 Å². The van der Waals surface area contributed by atoms with Crippen LogP contribution in [0.2, 0.25) is 5.02 Å². The zero-order valence-electron chi connectivity index (χ0n) is 24.3. The highest BCUT2D eigenvalue weighted by atomic mass is 35.5. The molecule has 0 spiro atoms. The summed E-state index contributed by atoms with van der Waals surface area (Å²) in [6.45, 7) is 11.0. The summed E-state index contributed by atoms with van der Waals surface area (Å²) in [7, 11) is 0. The third kappa shape index (κ3) is 7.70. The number of nitrogens with zero attached hydrogens (tertiary/aromatic N) is 3. The van der Waals surface area contributed by atoms with E-state index in [0.717, 1.165) is 5.56 Å². The Hall–Kier alpha value is -3.33. The third-order valence-corrected chi connectivity index (χ3v) is 7.79. The Morgan fingerprint density at radius 2 is 1.56 bits per heavy atom. The van der Waals surface area contributed by atoms with E-state index in [1.54, 1.807) is 21.9 Å². The molecule has 0 aliphatic carbocycles. The summed E-state index contributed by atoms with van der Waals surface area (Å²) in [4.78, 5) is 44.9. The number of halogens is 2. The number of carbonyl (C=O) groups excluding carboxylic acids is 3. The van der Waals surface area contributed by atoms with Crippen molar-refractivity contribution in [3.05, 3.63) is 64.9 Å². The van der Waals surface area contributed by atoms with Crippen molar-refractivity contribution in [1.82, 2.24) is 14.7 Å². The Balaban J connectivity index is 1.51. The first-order valence-electron chi connectivity index (χ1n) is 14.1. The van der Waals surface area contributed by atoms with Gasteiger partial charge in [-0.2, -0.15) is 0 Å². The minimum absolute atomic E-state index is 0.0194. The summed E-state index contributed by atoms with van der Waals surface area (Å²) in [6, 6.07) is 12.2. The Morgan fingerprint density at radius 3 is 2.12 bits per heavy atom. The molecule has 0 bridgehead atoms. The highest BCUT2D eigenvalue weighted by molar-refractivity contribution is 6.30. The lowest BCUT2D eigenvalue weighted by atomic mass is 9.92. The smallest absolute Gasteiger partial charge is 0.415 e. The Kier molecular flexibility index (Phi) is 9.47. The zero-order valence-corrected chi connectivity index (χ0v) is 25.1. The predicted octanol–water partition coefficient (Wildman–Crippen LogP) is 6.33. The van der Waals surface area contributed by atoms with E-state index in [1.807, 2.05) is 51.7 Å². The maximum absolute atomic E-state index is 13.8. The summed E-state index contributed by atoms with van der Waals surface area (Å²) in [5.41, 5.74) is 0.389. The number of hydrogen-bond donors (Lipinski definition) is 0. The van der Waals surface area contributed by atoms with E-state index in [0.29, 0.717) is 44.0 Å². The molecule has 2 aromatic rings. The van der Waals surface area contributed by atoms with Crippen molar-refractivity contribution < 1.29 is 28.2 Å². The minimum Gasteiger partial charge on any atom is -0.444 e. The van der Waals surface area contributed by atoms with E-state index >= 15 is 0 Å². The molecule has 2 unspecified atom stereocenters. The summed E-state index contributed by atoms with van der Waals surface area (Å²) in [6.07, 6.45) is 0.173. The van der Waals surface area contributed by atoms with Crippen LogP contribution in [0.5, 0.6) is 5.75 Å². The molecule has 2 aliphatic rings. The number of hydrogen-bond acceptors (Lipinski definition) is 5. The third-order valence-electron chi connectivity index (χ3n) is 7.54. The fourth-order valence-electron chi connectivity index (χ4n) is 5.57. The van der Waals surface area contributed by atoms with Crippen molar-refractivity contribution in [3.63, 3.8) is 0 Å². The van der Waals surface area contributed by atoms with Gasteiger partial charge in [-0.15, -0.1) is 0 Å². The highest BCUT2D eigenvalue weighted by Crippen LogP contribution is 2.35. The van der Waals surface area contributed by atoms with Crippen molar-refractivity contribution in [2.45, 2.75) is 71.1 Å². The highest BCUT2D eigenvalue weighted by Gasteiger charge is 2.44. The summed E-state index contributed by atoms with van der Waals surface area (Å²) in [5, 5.41) is 0.601. The van der Waals surface area contributed by atoms with Gasteiger partial charge in [0.2, 0.25) is 5.91 Å². The second-order valence-electron chi connectivity index (χ2n) is 12.0. The Bertz CT molecular complexity index is 1220. The maximum atomic E-state index is 13.8. The van der Waals surface area contributed by atoms with E-state index in [-0.39, 0.29) is 41.7 Å². The fraction of sp³-hybridized carbons (Fsp3) is 0.516. The average molecular weight is 588 g/mol.